The van der Waals surface area contributed by atoms with Crippen LogP contribution >= 0.6 is 11.6 Å². The Labute approximate surface area is 311 Å². The third-order valence-electron chi connectivity index (χ3n) is 8.43. The number of anilines is 1. The number of carbonyl (C=O) groups is 4. The van der Waals surface area contributed by atoms with E-state index in [0.29, 0.717) is 35.6 Å². The van der Waals surface area contributed by atoms with E-state index in [1.165, 1.54) is 6.92 Å². The van der Waals surface area contributed by atoms with Crippen molar-refractivity contribution in [3.05, 3.63) is 81.9 Å². The number of fused-ring (bicyclic) bond motifs is 1. The summed E-state index contributed by atoms with van der Waals surface area (Å²) >= 11 is 6.46. The van der Waals surface area contributed by atoms with Crippen molar-refractivity contribution >= 4 is 40.9 Å². The molecule has 1 fully saturated rings. The fourth-order valence-corrected chi connectivity index (χ4v) is 6.04. The van der Waals surface area contributed by atoms with Crippen molar-refractivity contribution in [3.8, 4) is 17.2 Å². The molecule has 1 aliphatic heterocycles. The Hall–Kier alpha value is -4.61. The van der Waals surface area contributed by atoms with Crippen LogP contribution in [0.3, 0.4) is 0 Å². The zero-order chi connectivity index (χ0) is 38.4. The molecule has 282 valence electrons. The van der Waals surface area contributed by atoms with Gasteiger partial charge in [-0.1, -0.05) is 37.6 Å². The molecule has 1 unspecified atom stereocenters. The van der Waals surface area contributed by atoms with Gasteiger partial charge in [0, 0.05) is 41.1 Å². The molecule has 0 saturated heterocycles. The molecule has 0 spiro atoms. The highest BCUT2D eigenvalue weighted by molar-refractivity contribution is 6.30. The summed E-state index contributed by atoms with van der Waals surface area (Å²) in [6.07, 6.45) is 1.95. The molecule has 2 atom stereocenters. The van der Waals surface area contributed by atoms with Crippen molar-refractivity contribution < 1.29 is 42.9 Å². The third-order valence-corrected chi connectivity index (χ3v) is 8.67. The summed E-state index contributed by atoms with van der Waals surface area (Å²) in [5.41, 5.74) is 4.66. The Balaban J connectivity index is 0.000000363. The molecular formula is C40H51ClN2O9. The van der Waals surface area contributed by atoms with Crippen molar-refractivity contribution in [1.82, 2.24) is 5.32 Å². The second kappa shape index (κ2) is 20.4. The molecule has 1 heterocycles. The lowest BCUT2D eigenvalue weighted by Crippen LogP contribution is -2.37. The molecule has 3 aromatic carbocycles. The molecule has 1 N–H and O–H groups in total. The van der Waals surface area contributed by atoms with Gasteiger partial charge in [0.2, 0.25) is 5.91 Å². The molecule has 0 aromatic heterocycles. The van der Waals surface area contributed by atoms with Crippen LogP contribution in [0.4, 0.5) is 5.69 Å². The van der Waals surface area contributed by atoms with E-state index in [1.54, 1.807) is 40.1 Å². The van der Waals surface area contributed by atoms with E-state index in [0.717, 1.165) is 46.5 Å². The second-order valence-corrected chi connectivity index (χ2v) is 12.4. The van der Waals surface area contributed by atoms with Gasteiger partial charge in [0.1, 0.15) is 30.0 Å². The lowest BCUT2D eigenvalue weighted by Gasteiger charge is -2.25. The number of ketones is 1. The van der Waals surface area contributed by atoms with Crippen molar-refractivity contribution in [3.63, 3.8) is 0 Å². The van der Waals surface area contributed by atoms with E-state index < -0.39 is 12.1 Å². The number of rotatable bonds is 13. The van der Waals surface area contributed by atoms with Gasteiger partial charge >= 0.3 is 5.97 Å². The van der Waals surface area contributed by atoms with Crippen molar-refractivity contribution in [2.75, 3.05) is 39.4 Å². The Bertz CT molecular complexity index is 1690. The Morgan fingerprint density at radius 1 is 0.942 bits per heavy atom. The van der Waals surface area contributed by atoms with Gasteiger partial charge in [-0.15, -0.1) is 0 Å². The molecule has 2 aliphatic rings. The second-order valence-electron chi connectivity index (χ2n) is 12.0. The van der Waals surface area contributed by atoms with Crippen LogP contribution < -0.4 is 24.4 Å². The zero-order valence-corrected chi connectivity index (χ0v) is 32.1. The summed E-state index contributed by atoms with van der Waals surface area (Å²) in [6, 6.07) is 16.7. The average Bonchev–Trinajstić information content (AvgIpc) is 4.00. The van der Waals surface area contributed by atoms with E-state index >= 15 is 0 Å². The van der Waals surface area contributed by atoms with E-state index in [9.17, 15) is 19.2 Å². The maximum absolute atomic E-state index is 13.4. The average molecular weight is 739 g/mol. The topological polar surface area (TPSA) is 130 Å². The molecule has 5 rings (SSSR count). The van der Waals surface area contributed by atoms with Crippen LogP contribution in [0.15, 0.2) is 54.6 Å². The number of methoxy groups -OCH3 is 3. The number of Topliss-reactive ketones (excluding diaryl/α,β-unsaturated/α-hetero) is 1. The molecular weight excluding hydrogens is 688 g/mol. The highest BCUT2D eigenvalue weighted by Crippen LogP contribution is 2.50. The quantitative estimate of drug-likeness (QED) is 0.179. The number of ether oxygens (including phenoxy) is 5. The first-order valence-electron chi connectivity index (χ1n) is 17.6. The molecule has 3 aromatic rings. The summed E-state index contributed by atoms with van der Waals surface area (Å²) in [5.74, 6) is 1.68. The summed E-state index contributed by atoms with van der Waals surface area (Å²) in [7, 11) is 4.91. The maximum atomic E-state index is 13.4. The van der Waals surface area contributed by atoms with Crippen LogP contribution in [0.1, 0.15) is 94.6 Å². The van der Waals surface area contributed by atoms with Gasteiger partial charge in [0.05, 0.1) is 52.6 Å². The molecule has 11 nitrogen and oxygen atoms in total. The number of esters is 1. The number of nitrogens with one attached hydrogen (secondary N) is 1. The minimum absolute atomic E-state index is 0.0588. The van der Waals surface area contributed by atoms with Crippen molar-refractivity contribution in [1.29, 1.82) is 0 Å². The fourth-order valence-electron chi connectivity index (χ4n) is 5.86. The van der Waals surface area contributed by atoms with Crippen molar-refractivity contribution in [2.24, 2.45) is 0 Å². The van der Waals surface area contributed by atoms with Crippen LogP contribution in [-0.4, -0.2) is 64.2 Å². The van der Waals surface area contributed by atoms with Gasteiger partial charge in [-0.2, -0.15) is 0 Å². The van der Waals surface area contributed by atoms with Crippen LogP contribution in [0, 0.1) is 0 Å². The number of hydrogen-bond donors (Lipinski definition) is 1. The first kappa shape index (κ1) is 41.8. The van der Waals surface area contributed by atoms with Gasteiger partial charge in [-0.25, -0.2) is 0 Å². The monoisotopic (exact) mass is 738 g/mol. The van der Waals surface area contributed by atoms with Crippen LogP contribution in [0.5, 0.6) is 17.2 Å². The minimum Gasteiger partial charge on any atom is -0.497 e. The maximum Gasteiger partial charge on any atom is 0.306 e. The van der Waals surface area contributed by atoms with Crippen molar-refractivity contribution in [2.45, 2.75) is 84.9 Å². The SMILES string of the molecule is CC.CCOC(=O)CCC(=O)C(C)NC(C)=O.COc1ccc(CN2C(=O)CO[C@H](c3cccc(OC)c3C3CC3)c3cc(Cl)ccc32)c(OC)c1. The van der Waals surface area contributed by atoms with E-state index in [1.807, 2.05) is 62.4 Å². The number of benzene rings is 3. The normalized spacial score (nSPS) is 15.3. The van der Waals surface area contributed by atoms with Crippen LogP contribution in [0.2, 0.25) is 5.02 Å². The molecule has 1 aliphatic carbocycles. The molecule has 0 radical (unpaired) electrons. The van der Waals surface area contributed by atoms with Gasteiger partial charge < -0.3 is 33.9 Å². The fraction of sp³-hybridized carbons (Fsp3) is 0.450. The van der Waals surface area contributed by atoms with Crippen LogP contribution in [0.25, 0.3) is 0 Å². The minimum atomic E-state index is -0.545. The molecule has 12 heteroatoms. The molecule has 0 bridgehead atoms. The molecule has 1 saturated carbocycles. The third kappa shape index (κ3) is 11.2. The summed E-state index contributed by atoms with van der Waals surface area (Å²) in [6.45, 7) is 9.22. The standard InChI is InChI=1S/C28H28ClNO5.C10H17NO4.C2H6/c1-32-20-11-9-18(25(14-20)34-3)15-30-23-12-10-19(29)13-22(23)28(35-16-26(30)31)21-5-4-6-24(33-2)27(21)17-7-8-17;1-4-15-10(14)6-5-9(13)7(2)11-8(3)12;1-2/h4-6,9-14,17,28H,7-8,15-16H2,1-3H3;7H,4-6H2,1-3H3,(H,11,12);1-2H3/t28-;;/m1../s1. The number of halogens is 1. The van der Waals surface area contributed by atoms with Gasteiger partial charge in [-0.05, 0) is 74.6 Å². The number of nitrogens with zero attached hydrogens (tertiary/aromatic N) is 1. The first-order valence-corrected chi connectivity index (χ1v) is 17.9. The van der Waals surface area contributed by atoms with Gasteiger partial charge in [-0.3, -0.25) is 19.2 Å². The molecule has 52 heavy (non-hydrogen) atoms. The lowest BCUT2D eigenvalue weighted by atomic mass is 9.92. The van der Waals surface area contributed by atoms with Gasteiger partial charge in [0.25, 0.3) is 5.91 Å². The van der Waals surface area contributed by atoms with E-state index in [2.05, 4.69) is 16.1 Å². The Morgan fingerprint density at radius 3 is 2.27 bits per heavy atom. The Morgan fingerprint density at radius 2 is 1.65 bits per heavy atom. The predicted molar refractivity (Wildman–Crippen MR) is 200 cm³/mol. The van der Waals surface area contributed by atoms with Gasteiger partial charge in [0.15, 0.2) is 5.78 Å². The number of hydrogen-bond acceptors (Lipinski definition) is 9. The smallest absolute Gasteiger partial charge is 0.306 e. The van der Waals surface area contributed by atoms with E-state index in [4.69, 9.17) is 30.5 Å². The predicted octanol–water partition coefficient (Wildman–Crippen LogP) is 7.35. The number of carbonyl (C=O) groups excluding carboxylic acids is 4. The number of amides is 2. The largest absolute Gasteiger partial charge is 0.497 e. The summed E-state index contributed by atoms with van der Waals surface area (Å²) < 4.78 is 27.6. The first-order chi connectivity index (χ1) is 25.0. The molecule has 2 amide bonds. The zero-order valence-electron chi connectivity index (χ0n) is 31.4. The highest BCUT2D eigenvalue weighted by atomic mass is 35.5. The van der Waals surface area contributed by atoms with E-state index in [-0.39, 0.29) is 43.0 Å². The highest BCUT2D eigenvalue weighted by Gasteiger charge is 2.36. The lowest BCUT2D eigenvalue weighted by molar-refractivity contribution is -0.144. The summed E-state index contributed by atoms with van der Waals surface area (Å²) in [5, 5.41) is 3.05. The summed E-state index contributed by atoms with van der Waals surface area (Å²) in [4.78, 5) is 48.1. The van der Waals surface area contributed by atoms with Crippen LogP contribution in [-0.2, 0) is 35.2 Å². The Kier molecular flexibility index (Phi) is 16.4.